The van der Waals surface area contributed by atoms with Crippen LogP contribution in [0.3, 0.4) is 0 Å². The van der Waals surface area contributed by atoms with Gasteiger partial charge in [-0.3, -0.25) is 0 Å². The van der Waals surface area contributed by atoms with Crippen LogP contribution < -0.4 is 5.32 Å². The smallest absolute Gasteiger partial charge is 0.0244 e. The molecule has 0 radical (unpaired) electrons. The molecule has 0 aromatic carbocycles. The number of nitrogens with zero attached hydrogens (tertiary/aromatic N) is 2. The minimum atomic E-state index is 0.721. The third kappa shape index (κ3) is 3.16. The van der Waals surface area contributed by atoms with Crippen molar-refractivity contribution in [2.24, 2.45) is 5.92 Å². The molecular weight excluding hydrogens is 404 g/mol. The van der Waals surface area contributed by atoms with E-state index in [1.807, 2.05) is 0 Å². The van der Waals surface area contributed by atoms with Crippen molar-refractivity contribution in [3.8, 4) is 0 Å². The summed E-state index contributed by atoms with van der Waals surface area (Å²) >= 11 is 4.91. The summed E-state index contributed by atoms with van der Waals surface area (Å²) in [7, 11) is 0. The predicted octanol–water partition coefficient (Wildman–Crippen LogP) is 1.67. The zero-order chi connectivity index (χ0) is 9.97. The van der Waals surface area contributed by atoms with Crippen LogP contribution in [-0.2, 0) is 0 Å². The van der Waals surface area contributed by atoms with Gasteiger partial charge in [0.2, 0.25) is 0 Å². The Balaban J connectivity index is 1.86. The molecule has 2 aliphatic heterocycles. The molecule has 82 valence electrons. The van der Waals surface area contributed by atoms with Crippen LogP contribution in [0.1, 0.15) is 12.8 Å². The van der Waals surface area contributed by atoms with Crippen LogP contribution in [0, 0.1) is 5.92 Å². The number of hydrogen-bond acceptors (Lipinski definition) is 3. The van der Waals surface area contributed by atoms with Gasteiger partial charge in [-0.2, -0.15) is 0 Å². The topological polar surface area (TPSA) is 18.5 Å². The average Bonchev–Trinajstić information content (AvgIpc) is 2.18. The minimum Gasteiger partial charge on any atom is -0.311 e. The predicted molar refractivity (Wildman–Crippen MR) is 75.7 cm³/mol. The molecule has 1 N–H and O–H groups in total. The van der Waals surface area contributed by atoms with E-state index in [0.717, 1.165) is 18.5 Å². The largest absolute Gasteiger partial charge is 0.311 e. The number of hydrogen-bond donors (Lipinski definition) is 1. The molecule has 0 aromatic heterocycles. The van der Waals surface area contributed by atoms with Crippen LogP contribution in [0.15, 0.2) is 0 Å². The van der Waals surface area contributed by atoms with Gasteiger partial charge in [0.05, 0.1) is 0 Å². The third-order valence-electron chi connectivity index (χ3n) is 3.13. The van der Waals surface area contributed by atoms with E-state index in [9.17, 15) is 0 Å². The summed E-state index contributed by atoms with van der Waals surface area (Å²) in [6.07, 6.45) is 2.77. The fourth-order valence-corrected chi connectivity index (χ4v) is 3.86. The Morgan fingerprint density at radius 2 is 1.86 bits per heavy atom. The summed E-state index contributed by atoms with van der Waals surface area (Å²) < 4.78 is 4.87. The van der Waals surface area contributed by atoms with Gasteiger partial charge in [0.15, 0.2) is 0 Å². The second-order valence-corrected chi connectivity index (χ2v) is 6.93. The second kappa shape index (κ2) is 5.60. The van der Waals surface area contributed by atoms with Gasteiger partial charge in [0, 0.05) is 84.5 Å². The molecule has 2 aliphatic rings. The summed E-state index contributed by atoms with van der Waals surface area (Å²) in [5.41, 5.74) is 0. The first kappa shape index (κ1) is 11.8. The molecule has 0 amide bonds. The van der Waals surface area contributed by atoms with E-state index in [4.69, 9.17) is 0 Å². The molecule has 14 heavy (non-hydrogen) atoms. The van der Waals surface area contributed by atoms with Crippen molar-refractivity contribution in [1.29, 1.82) is 0 Å². The lowest BCUT2D eigenvalue weighted by Crippen LogP contribution is -2.53. The Kier molecular flexibility index (Phi) is 4.73. The lowest BCUT2D eigenvalue weighted by Gasteiger charge is -2.38. The average molecular weight is 421 g/mol. The summed E-state index contributed by atoms with van der Waals surface area (Å²) in [5.74, 6) is 0.859. The Bertz CT molecular complexity index is 171. The van der Waals surface area contributed by atoms with Gasteiger partial charge >= 0.3 is 0 Å². The second-order valence-electron chi connectivity index (χ2n) is 4.20. The van der Waals surface area contributed by atoms with Gasteiger partial charge in [0.1, 0.15) is 0 Å². The van der Waals surface area contributed by atoms with E-state index in [1.165, 1.54) is 39.0 Å². The highest BCUT2D eigenvalue weighted by atomic mass is 127. The maximum absolute atomic E-state index is 3.66. The molecular formula is C9H17I2N3. The Labute approximate surface area is 114 Å². The molecule has 0 saturated carbocycles. The van der Waals surface area contributed by atoms with Gasteiger partial charge in [-0.15, -0.1) is 0 Å². The maximum atomic E-state index is 3.66. The lowest BCUT2D eigenvalue weighted by atomic mass is 9.91. The SMILES string of the molecule is IN1CCCC(C2CN(I)CCN2)C1. The van der Waals surface area contributed by atoms with Crippen molar-refractivity contribution in [2.45, 2.75) is 18.9 Å². The molecule has 0 aliphatic carbocycles. The number of rotatable bonds is 1. The van der Waals surface area contributed by atoms with Gasteiger partial charge in [-0.25, -0.2) is 6.23 Å². The molecule has 2 atom stereocenters. The van der Waals surface area contributed by atoms with Crippen LogP contribution in [0.4, 0.5) is 0 Å². The van der Waals surface area contributed by atoms with Gasteiger partial charge in [-0.05, 0) is 18.8 Å². The Hall–Kier alpha value is 1.34. The maximum Gasteiger partial charge on any atom is 0.0244 e. The van der Waals surface area contributed by atoms with E-state index in [-0.39, 0.29) is 0 Å². The summed E-state index contributed by atoms with van der Waals surface area (Å²) in [4.78, 5) is 0. The molecule has 2 rings (SSSR count). The fraction of sp³-hybridized carbons (Fsp3) is 1.00. The highest BCUT2D eigenvalue weighted by molar-refractivity contribution is 14.1. The van der Waals surface area contributed by atoms with E-state index in [0.29, 0.717) is 0 Å². The molecule has 3 nitrogen and oxygen atoms in total. The van der Waals surface area contributed by atoms with Gasteiger partial charge < -0.3 is 5.32 Å². The molecule has 2 heterocycles. The van der Waals surface area contributed by atoms with Crippen molar-refractivity contribution in [2.75, 3.05) is 32.7 Å². The number of piperazine rings is 1. The monoisotopic (exact) mass is 421 g/mol. The van der Waals surface area contributed by atoms with Gasteiger partial charge in [0.25, 0.3) is 0 Å². The van der Waals surface area contributed by atoms with Crippen LogP contribution in [0.5, 0.6) is 0 Å². The molecule has 0 aromatic rings. The fourth-order valence-electron chi connectivity index (χ4n) is 2.35. The zero-order valence-corrected chi connectivity index (χ0v) is 12.6. The molecule has 0 spiro atoms. The van der Waals surface area contributed by atoms with E-state index >= 15 is 0 Å². The molecule has 0 bridgehead atoms. The first-order valence-corrected chi connectivity index (χ1v) is 7.23. The van der Waals surface area contributed by atoms with Crippen molar-refractivity contribution in [1.82, 2.24) is 11.5 Å². The zero-order valence-electron chi connectivity index (χ0n) is 8.25. The van der Waals surface area contributed by atoms with E-state index in [2.05, 4.69) is 57.3 Å². The van der Waals surface area contributed by atoms with Crippen LogP contribution in [0.2, 0.25) is 0 Å². The normalized spacial score (nSPS) is 37.3. The van der Waals surface area contributed by atoms with Crippen molar-refractivity contribution < 1.29 is 0 Å². The highest BCUT2D eigenvalue weighted by Crippen LogP contribution is 2.24. The Morgan fingerprint density at radius 1 is 1.07 bits per heavy atom. The highest BCUT2D eigenvalue weighted by Gasteiger charge is 2.29. The standard InChI is InChI=1S/C9H17I2N3/c10-13-4-1-2-8(6-13)9-7-14(11)5-3-12-9/h8-9,12H,1-7H2. The number of piperidine rings is 1. The van der Waals surface area contributed by atoms with Crippen LogP contribution in [0.25, 0.3) is 0 Å². The van der Waals surface area contributed by atoms with E-state index in [1.54, 1.807) is 0 Å². The summed E-state index contributed by atoms with van der Waals surface area (Å²) in [5, 5.41) is 3.66. The molecule has 2 fully saturated rings. The van der Waals surface area contributed by atoms with Gasteiger partial charge in [-0.1, -0.05) is 0 Å². The Morgan fingerprint density at radius 3 is 2.57 bits per heavy atom. The summed E-state index contributed by atoms with van der Waals surface area (Å²) in [6, 6.07) is 0.721. The first-order valence-electron chi connectivity index (χ1n) is 5.30. The van der Waals surface area contributed by atoms with Crippen LogP contribution >= 0.6 is 45.7 Å². The van der Waals surface area contributed by atoms with Crippen molar-refractivity contribution >= 4 is 45.7 Å². The molecule has 5 heteroatoms. The van der Waals surface area contributed by atoms with E-state index < -0.39 is 0 Å². The van der Waals surface area contributed by atoms with Crippen molar-refractivity contribution in [3.05, 3.63) is 0 Å². The van der Waals surface area contributed by atoms with Crippen LogP contribution in [-0.4, -0.2) is 45.0 Å². The quantitative estimate of drug-likeness (QED) is 0.514. The first-order chi connectivity index (χ1) is 6.75. The summed E-state index contributed by atoms with van der Waals surface area (Å²) in [6.45, 7) is 6.11. The van der Waals surface area contributed by atoms with Crippen molar-refractivity contribution in [3.63, 3.8) is 0 Å². The lowest BCUT2D eigenvalue weighted by molar-refractivity contribution is 0.200. The molecule has 2 saturated heterocycles. The minimum absolute atomic E-state index is 0.721. The number of halogens is 2. The molecule has 2 unspecified atom stereocenters. The number of nitrogens with one attached hydrogen (secondary N) is 1. The third-order valence-corrected chi connectivity index (χ3v) is 4.89.